The largest absolute Gasteiger partial charge is 0.385 e. The number of carbonyl (C=O) groups is 2. The Labute approximate surface area is 108 Å². The van der Waals surface area contributed by atoms with Gasteiger partial charge in [0, 0.05) is 53.9 Å². The molecule has 6 heteroatoms. The minimum Gasteiger partial charge on any atom is -0.385 e. The van der Waals surface area contributed by atoms with Crippen molar-refractivity contribution in [1.82, 2.24) is 15.1 Å². The van der Waals surface area contributed by atoms with Crippen LogP contribution >= 0.6 is 0 Å². The molecule has 1 rings (SSSR count). The van der Waals surface area contributed by atoms with Gasteiger partial charge in [-0.05, 0) is 6.42 Å². The van der Waals surface area contributed by atoms with Crippen LogP contribution in [0.4, 0.5) is 0 Å². The van der Waals surface area contributed by atoms with Crippen LogP contribution in [0.2, 0.25) is 0 Å². The molecule has 104 valence electrons. The lowest BCUT2D eigenvalue weighted by Crippen LogP contribution is -2.59. The van der Waals surface area contributed by atoms with Gasteiger partial charge in [0.15, 0.2) is 0 Å². The molecule has 6 nitrogen and oxygen atoms in total. The van der Waals surface area contributed by atoms with Gasteiger partial charge in [0.25, 0.3) is 0 Å². The highest BCUT2D eigenvalue weighted by atomic mass is 16.5. The Morgan fingerprint density at radius 1 is 1.44 bits per heavy atom. The molecule has 1 N–H and O–H groups in total. The zero-order valence-electron chi connectivity index (χ0n) is 11.4. The van der Waals surface area contributed by atoms with E-state index in [1.165, 1.54) is 4.90 Å². The lowest BCUT2D eigenvalue weighted by atomic mass is 10.1. The highest BCUT2D eigenvalue weighted by Gasteiger charge is 2.32. The smallest absolute Gasteiger partial charge is 0.246 e. The Kier molecular flexibility index (Phi) is 6.07. The molecular formula is C12H23N3O3. The third-order valence-corrected chi connectivity index (χ3v) is 3.03. The Hall–Kier alpha value is -1.14. The van der Waals surface area contributed by atoms with E-state index < -0.39 is 0 Å². The van der Waals surface area contributed by atoms with Gasteiger partial charge in [0.2, 0.25) is 11.8 Å². The van der Waals surface area contributed by atoms with E-state index in [1.54, 1.807) is 26.1 Å². The highest BCUT2D eigenvalue weighted by molar-refractivity contribution is 5.87. The summed E-state index contributed by atoms with van der Waals surface area (Å²) in [5.74, 6) is 0.0102. The number of carbonyl (C=O) groups excluding carboxylic acids is 2. The summed E-state index contributed by atoms with van der Waals surface area (Å²) in [5, 5.41) is 3.16. The maximum absolute atomic E-state index is 12.1. The summed E-state index contributed by atoms with van der Waals surface area (Å²) in [6, 6.07) is -0.371. The van der Waals surface area contributed by atoms with Gasteiger partial charge in [-0.2, -0.15) is 0 Å². The van der Waals surface area contributed by atoms with E-state index in [4.69, 9.17) is 4.74 Å². The van der Waals surface area contributed by atoms with Gasteiger partial charge in [-0.1, -0.05) is 0 Å². The molecule has 0 saturated carbocycles. The third kappa shape index (κ3) is 3.96. The van der Waals surface area contributed by atoms with Crippen LogP contribution in [0, 0.1) is 0 Å². The lowest BCUT2D eigenvalue weighted by Gasteiger charge is -2.36. The normalized spacial score (nSPS) is 19.7. The standard InChI is InChI=1S/C12H23N3O3/c1-14(2)12(17)10-9-13-6-7-15(10)11(16)5-4-8-18-3/h10,13H,4-9H2,1-3H3. The molecule has 0 radical (unpaired) electrons. The molecule has 1 aliphatic heterocycles. The van der Waals surface area contributed by atoms with Crippen molar-refractivity contribution in [2.45, 2.75) is 18.9 Å². The number of hydrogen-bond donors (Lipinski definition) is 1. The Morgan fingerprint density at radius 3 is 2.78 bits per heavy atom. The third-order valence-electron chi connectivity index (χ3n) is 3.03. The van der Waals surface area contributed by atoms with Gasteiger partial charge in [-0.3, -0.25) is 9.59 Å². The zero-order valence-corrected chi connectivity index (χ0v) is 11.4. The van der Waals surface area contributed by atoms with Crippen LogP contribution in [0.5, 0.6) is 0 Å². The molecule has 1 unspecified atom stereocenters. The summed E-state index contributed by atoms with van der Waals surface area (Å²) in [7, 11) is 5.04. The van der Waals surface area contributed by atoms with Crippen LogP contribution in [-0.2, 0) is 14.3 Å². The number of methoxy groups -OCH3 is 1. The van der Waals surface area contributed by atoms with Crippen LogP contribution in [0.1, 0.15) is 12.8 Å². The number of hydrogen-bond acceptors (Lipinski definition) is 4. The van der Waals surface area contributed by atoms with Crippen LogP contribution in [0.3, 0.4) is 0 Å². The van der Waals surface area contributed by atoms with Gasteiger partial charge in [-0.25, -0.2) is 0 Å². The monoisotopic (exact) mass is 257 g/mol. The number of nitrogens with one attached hydrogen (secondary N) is 1. The van der Waals surface area contributed by atoms with E-state index in [-0.39, 0.29) is 17.9 Å². The summed E-state index contributed by atoms with van der Waals surface area (Å²) in [5.41, 5.74) is 0. The average molecular weight is 257 g/mol. The Balaban J connectivity index is 2.58. The van der Waals surface area contributed by atoms with Crippen molar-refractivity contribution >= 4 is 11.8 Å². The molecule has 0 aliphatic carbocycles. The first-order valence-corrected chi connectivity index (χ1v) is 6.28. The van der Waals surface area contributed by atoms with Crippen molar-refractivity contribution in [3.8, 4) is 0 Å². The van der Waals surface area contributed by atoms with Crippen molar-refractivity contribution in [2.24, 2.45) is 0 Å². The van der Waals surface area contributed by atoms with Gasteiger partial charge in [0.1, 0.15) is 6.04 Å². The first kappa shape index (κ1) is 14.9. The topological polar surface area (TPSA) is 61.9 Å². The molecule has 0 aromatic rings. The fraction of sp³-hybridized carbons (Fsp3) is 0.833. The second-order valence-corrected chi connectivity index (χ2v) is 4.64. The summed E-state index contributed by atoms with van der Waals surface area (Å²) >= 11 is 0. The molecule has 2 amide bonds. The molecule has 0 aromatic heterocycles. The molecule has 1 atom stereocenters. The molecule has 0 bridgehead atoms. The molecule has 18 heavy (non-hydrogen) atoms. The van der Waals surface area contributed by atoms with E-state index in [0.29, 0.717) is 32.5 Å². The number of likely N-dealkylation sites (N-methyl/N-ethyl adjacent to an activating group) is 1. The van der Waals surface area contributed by atoms with Crippen molar-refractivity contribution in [2.75, 3.05) is 47.4 Å². The fourth-order valence-corrected chi connectivity index (χ4v) is 2.03. The molecule has 1 heterocycles. The van der Waals surface area contributed by atoms with Crippen molar-refractivity contribution in [1.29, 1.82) is 0 Å². The van der Waals surface area contributed by atoms with Gasteiger partial charge < -0.3 is 19.9 Å². The Morgan fingerprint density at radius 2 is 2.17 bits per heavy atom. The van der Waals surface area contributed by atoms with E-state index in [0.717, 1.165) is 6.54 Å². The second kappa shape index (κ2) is 7.33. The van der Waals surface area contributed by atoms with Crippen molar-refractivity contribution < 1.29 is 14.3 Å². The van der Waals surface area contributed by atoms with Gasteiger partial charge in [0.05, 0.1) is 0 Å². The zero-order chi connectivity index (χ0) is 13.5. The predicted molar refractivity (Wildman–Crippen MR) is 68.2 cm³/mol. The first-order chi connectivity index (χ1) is 8.57. The molecule has 0 spiro atoms. The molecule has 0 aromatic carbocycles. The minimum absolute atomic E-state index is 0.0257. The van der Waals surface area contributed by atoms with E-state index in [9.17, 15) is 9.59 Å². The molecule has 1 aliphatic rings. The number of rotatable bonds is 5. The van der Waals surface area contributed by atoms with E-state index in [2.05, 4.69) is 5.32 Å². The maximum atomic E-state index is 12.1. The summed E-state index contributed by atoms with van der Waals surface area (Å²) in [6.07, 6.45) is 1.13. The number of ether oxygens (including phenoxy) is 1. The average Bonchev–Trinajstić information content (AvgIpc) is 2.38. The molecule has 1 fully saturated rings. The molecule has 1 saturated heterocycles. The number of nitrogens with zero attached hydrogens (tertiary/aromatic N) is 2. The number of amides is 2. The SMILES string of the molecule is COCCCC(=O)N1CCNCC1C(=O)N(C)C. The predicted octanol–water partition coefficient (Wildman–Crippen LogP) is -0.698. The lowest BCUT2D eigenvalue weighted by molar-refractivity contribution is -0.145. The fourth-order valence-electron chi connectivity index (χ4n) is 2.03. The van der Waals surface area contributed by atoms with Crippen LogP contribution < -0.4 is 5.32 Å². The van der Waals surface area contributed by atoms with Gasteiger partial charge in [-0.15, -0.1) is 0 Å². The summed E-state index contributed by atoms with van der Waals surface area (Å²) < 4.78 is 4.93. The van der Waals surface area contributed by atoms with Crippen molar-refractivity contribution in [3.63, 3.8) is 0 Å². The first-order valence-electron chi connectivity index (χ1n) is 6.28. The quantitative estimate of drug-likeness (QED) is 0.662. The summed E-state index contributed by atoms with van der Waals surface area (Å²) in [4.78, 5) is 27.3. The summed E-state index contributed by atoms with van der Waals surface area (Å²) in [6.45, 7) is 2.44. The van der Waals surface area contributed by atoms with Crippen LogP contribution in [0.15, 0.2) is 0 Å². The van der Waals surface area contributed by atoms with E-state index in [1.807, 2.05) is 0 Å². The van der Waals surface area contributed by atoms with Crippen molar-refractivity contribution in [3.05, 3.63) is 0 Å². The maximum Gasteiger partial charge on any atom is 0.246 e. The van der Waals surface area contributed by atoms with E-state index >= 15 is 0 Å². The number of piperazine rings is 1. The second-order valence-electron chi connectivity index (χ2n) is 4.64. The minimum atomic E-state index is -0.371. The Bertz CT molecular complexity index is 294. The van der Waals surface area contributed by atoms with Crippen LogP contribution in [-0.4, -0.2) is 75.1 Å². The van der Waals surface area contributed by atoms with Gasteiger partial charge >= 0.3 is 0 Å². The molecular weight excluding hydrogens is 234 g/mol. The highest BCUT2D eigenvalue weighted by Crippen LogP contribution is 2.09. The van der Waals surface area contributed by atoms with Crippen LogP contribution in [0.25, 0.3) is 0 Å².